The summed E-state index contributed by atoms with van der Waals surface area (Å²) in [5.41, 5.74) is 3.82. The minimum Gasteiger partial charge on any atom is -0.364 e. The van der Waals surface area contributed by atoms with Gasteiger partial charge < -0.3 is 5.32 Å². The number of nitrogens with one attached hydrogen (secondary N) is 2. The number of aryl methyl sites for hydroxylation is 2. The van der Waals surface area contributed by atoms with Crippen molar-refractivity contribution in [2.24, 2.45) is 0 Å². The third-order valence-corrected chi connectivity index (χ3v) is 4.56. The molecule has 102 valence electrons. The van der Waals surface area contributed by atoms with E-state index in [-0.39, 0.29) is 0 Å². The molecule has 1 aliphatic rings. The summed E-state index contributed by atoms with van der Waals surface area (Å²) in [5.74, 6) is 1.71. The molecule has 0 radical (unpaired) electrons. The first kappa shape index (κ1) is 11.8. The maximum absolute atomic E-state index is 4.51. The first-order chi connectivity index (χ1) is 9.81. The van der Waals surface area contributed by atoms with Crippen molar-refractivity contribution in [1.29, 1.82) is 0 Å². The number of hydrogen-bond donors (Lipinski definition) is 2. The van der Waals surface area contributed by atoms with Gasteiger partial charge in [0, 0.05) is 5.69 Å². The molecule has 3 heterocycles. The summed E-state index contributed by atoms with van der Waals surface area (Å²) in [6, 6.07) is 2.07. The van der Waals surface area contributed by atoms with Crippen LogP contribution in [0.5, 0.6) is 0 Å². The number of aromatic nitrogens is 4. The minimum absolute atomic E-state index is 0.716. The molecule has 3 aromatic heterocycles. The van der Waals surface area contributed by atoms with Crippen molar-refractivity contribution >= 4 is 27.4 Å². The summed E-state index contributed by atoms with van der Waals surface area (Å²) in [4.78, 5) is 9.99. The van der Waals surface area contributed by atoms with Gasteiger partial charge in [-0.1, -0.05) is 0 Å². The Labute approximate surface area is 120 Å². The first-order valence-corrected chi connectivity index (χ1v) is 7.70. The molecule has 0 fully saturated rings. The molecule has 0 saturated heterocycles. The fraction of sp³-hybridized carbons (Fsp3) is 0.357. The first-order valence-electron chi connectivity index (χ1n) is 6.82. The number of aromatic amines is 1. The van der Waals surface area contributed by atoms with Gasteiger partial charge in [-0.25, -0.2) is 9.97 Å². The predicted octanol–water partition coefficient (Wildman–Crippen LogP) is 2.82. The molecule has 1 aliphatic carbocycles. The summed E-state index contributed by atoms with van der Waals surface area (Å²) in [7, 11) is 0. The third kappa shape index (κ3) is 1.87. The van der Waals surface area contributed by atoms with Crippen LogP contribution in [-0.2, 0) is 19.4 Å². The van der Waals surface area contributed by atoms with Crippen molar-refractivity contribution in [3.63, 3.8) is 0 Å². The highest BCUT2D eigenvalue weighted by atomic mass is 32.1. The molecule has 5 nitrogen and oxygen atoms in total. The Hall–Kier alpha value is -1.95. The van der Waals surface area contributed by atoms with Crippen LogP contribution in [0.1, 0.15) is 29.2 Å². The van der Waals surface area contributed by atoms with Crippen molar-refractivity contribution in [2.45, 2.75) is 32.7 Å². The highest BCUT2D eigenvalue weighted by Gasteiger charge is 2.18. The molecule has 3 aromatic rings. The SMILES string of the molecule is Cc1nc(NCc2n[nH]c3c2CCC3)c2ccsc2n1. The standard InChI is InChI=1S/C14H15N5S/c1-8-16-13(10-5-6-20-14(10)17-8)15-7-12-9-3-2-4-11(9)18-19-12/h5-6H,2-4,7H2,1H3,(H,18,19)(H,15,16,17). The molecule has 4 rings (SSSR count). The van der Waals surface area contributed by atoms with E-state index >= 15 is 0 Å². The van der Waals surface area contributed by atoms with Crippen LogP contribution >= 0.6 is 11.3 Å². The molecular weight excluding hydrogens is 270 g/mol. The summed E-state index contributed by atoms with van der Waals surface area (Å²) in [6.45, 7) is 2.64. The Balaban J connectivity index is 1.63. The van der Waals surface area contributed by atoms with E-state index in [2.05, 4.69) is 36.9 Å². The third-order valence-electron chi connectivity index (χ3n) is 3.75. The van der Waals surface area contributed by atoms with Crippen LogP contribution in [0.2, 0.25) is 0 Å². The number of anilines is 1. The summed E-state index contributed by atoms with van der Waals surface area (Å²) in [5, 5.41) is 14.1. The average molecular weight is 285 g/mol. The van der Waals surface area contributed by atoms with Gasteiger partial charge in [-0.15, -0.1) is 11.3 Å². The van der Waals surface area contributed by atoms with Gasteiger partial charge in [0.25, 0.3) is 0 Å². The highest BCUT2D eigenvalue weighted by molar-refractivity contribution is 7.16. The maximum Gasteiger partial charge on any atom is 0.138 e. The lowest BCUT2D eigenvalue weighted by Crippen LogP contribution is -2.05. The Bertz CT molecular complexity index is 773. The second-order valence-corrected chi connectivity index (χ2v) is 5.99. The number of nitrogens with zero attached hydrogens (tertiary/aromatic N) is 3. The van der Waals surface area contributed by atoms with E-state index in [4.69, 9.17) is 0 Å². The van der Waals surface area contributed by atoms with Gasteiger partial charge in [0.05, 0.1) is 17.6 Å². The highest BCUT2D eigenvalue weighted by Crippen LogP contribution is 2.27. The number of hydrogen-bond acceptors (Lipinski definition) is 5. The Morgan fingerprint density at radius 3 is 3.25 bits per heavy atom. The summed E-state index contributed by atoms with van der Waals surface area (Å²) in [6.07, 6.45) is 3.50. The molecule has 2 N–H and O–H groups in total. The number of rotatable bonds is 3. The number of thiophene rings is 1. The van der Waals surface area contributed by atoms with Crippen LogP contribution in [0.4, 0.5) is 5.82 Å². The lowest BCUT2D eigenvalue weighted by atomic mass is 10.2. The molecule has 0 aromatic carbocycles. The van der Waals surface area contributed by atoms with Gasteiger partial charge in [-0.05, 0) is 43.2 Å². The van der Waals surface area contributed by atoms with E-state index < -0.39 is 0 Å². The Morgan fingerprint density at radius 1 is 1.35 bits per heavy atom. The van der Waals surface area contributed by atoms with Crippen LogP contribution in [-0.4, -0.2) is 20.2 Å². The van der Waals surface area contributed by atoms with Crippen LogP contribution in [0.15, 0.2) is 11.4 Å². The molecule has 20 heavy (non-hydrogen) atoms. The van der Waals surface area contributed by atoms with E-state index in [1.54, 1.807) is 11.3 Å². The van der Waals surface area contributed by atoms with E-state index in [1.807, 2.05) is 6.92 Å². The van der Waals surface area contributed by atoms with E-state index in [9.17, 15) is 0 Å². The molecule has 6 heteroatoms. The van der Waals surface area contributed by atoms with Crippen molar-refractivity contribution in [2.75, 3.05) is 5.32 Å². The summed E-state index contributed by atoms with van der Waals surface area (Å²) < 4.78 is 0. The van der Waals surface area contributed by atoms with Gasteiger partial charge in [-0.3, -0.25) is 5.10 Å². The van der Waals surface area contributed by atoms with Gasteiger partial charge in [0.2, 0.25) is 0 Å². The molecule has 0 saturated carbocycles. The molecule has 0 atom stereocenters. The molecule has 0 spiro atoms. The van der Waals surface area contributed by atoms with Gasteiger partial charge in [0.15, 0.2) is 0 Å². The predicted molar refractivity (Wildman–Crippen MR) is 80.1 cm³/mol. The smallest absolute Gasteiger partial charge is 0.138 e. The normalized spacial score (nSPS) is 13.8. The second kappa shape index (κ2) is 4.56. The lowest BCUT2D eigenvalue weighted by molar-refractivity contribution is 0.840. The largest absolute Gasteiger partial charge is 0.364 e. The minimum atomic E-state index is 0.716. The fourth-order valence-corrected chi connectivity index (χ4v) is 3.61. The van der Waals surface area contributed by atoms with Crippen LogP contribution in [0, 0.1) is 6.92 Å². The summed E-state index contributed by atoms with van der Waals surface area (Å²) >= 11 is 1.65. The molecular formula is C14H15N5S. The van der Waals surface area contributed by atoms with Crippen molar-refractivity contribution < 1.29 is 0 Å². The quantitative estimate of drug-likeness (QED) is 0.776. The van der Waals surface area contributed by atoms with E-state index in [0.717, 1.165) is 40.4 Å². The fourth-order valence-electron chi connectivity index (χ4n) is 2.80. The van der Waals surface area contributed by atoms with Crippen LogP contribution in [0.25, 0.3) is 10.2 Å². The zero-order valence-electron chi connectivity index (χ0n) is 11.2. The molecule has 0 unspecified atom stereocenters. The maximum atomic E-state index is 4.51. The Morgan fingerprint density at radius 2 is 2.30 bits per heavy atom. The number of fused-ring (bicyclic) bond motifs is 2. The van der Waals surface area contributed by atoms with E-state index in [0.29, 0.717) is 6.54 Å². The van der Waals surface area contributed by atoms with Gasteiger partial charge in [-0.2, -0.15) is 5.10 Å². The average Bonchev–Trinajstić information content (AvgIpc) is 3.12. The molecule has 0 bridgehead atoms. The van der Waals surface area contributed by atoms with Crippen LogP contribution in [0.3, 0.4) is 0 Å². The van der Waals surface area contributed by atoms with Crippen molar-refractivity contribution in [1.82, 2.24) is 20.2 Å². The van der Waals surface area contributed by atoms with E-state index in [1.165, 1.54) is 17.7 Å². The topological polar surface area (TPSA) is 66.5 Å². The zero-order chi connectivity index (χ0) is 13.5. The van der Waals surface area contributed by atoms with Crippen LogP contribution < -0.4 is 5.32 Å². The monoisotopic (exact) mass is 285 g/mol. The molecule has 0 aliphatic heterocycles. The van der Waals surface area contributed by atoms with Gasteiger partial charge >= 0.3 is 0 Å². The molecule has 0 amide bonds. The second-order valence-electron chi connectivity index (χ2n) is 5.09. The van der Waals surface area contributed by atoms with Crippen molar-refractivity contribution in [3.05, 3.63) is 34.2 Å². The zero-order valence-corrected chi connectivity index (χ0v) is 12.0. The van der Waals surface area contributed by atoms with Gasteiger partial charge in [0.1, 0.15) is 16.5 Å². The number of H-pyrrole nitrogens is 1. The lowest BCUT2D eigenvalue weighted by Gasteiger charge is -2.07. The Kier molecular flexibility index (Phi) is 2.70. The van der Waals surface area contributed by atoms with Crippen molar-refractivity contribution in [3.8, 4) is 0 Å².